The van der Waals surface area contributed by atoms with E-state index >= 15 is 0 Å². The van der Waals surface area contributed by atoms with Gasteiger partial charge in [0.1, 0.15) is 5.82 Å². The van der Waals surface area contributed by atoms with Crippen molar-refractivity contribution in [1.82, 2.24) is 15.0 Å². The Balaban J connectivity index is 1.76. The fourth-order valence-corrected chi connectivity index (χ4v) is 2.91. The van der Waals surface area contributed by atoms with Gasteiger partial charge in [-0.05, 0) is 18.9 Å². The first-order valence-electron chi connectivity index (χ1n) is 7.19. The van der Waals surface area contributed by atoms with E-state index in [0.29, 0.717) is 30.7 Å². The van der Waals surface area contributed by atoms with Gasteiger partial charge < -0.3 is 9.84 Å². The number of aromatic nitrogens is 3. The fraction of sp³-hybridized carbons (Fsp3) is 0.400. The number of hydrogen-bond donors (Lipinski definition) is 1. The molecular weight excluding hydrogens is 325 g/mol. The van der Waals surface area contributed by atoms with Crippen molar-refractivity contribution in [2.45, 2.75) is 31.4 Å². The zero-order valence-corrected chi connectivity index (χ0v) is 13.0. The van der Waals surface area contributed by atoms with Crippen LogP contribution in [-0.4, -0.2) is 38.3 Å². The standard InChI is InChI=1S/C15H15ClFN3O3/c16-12-4-1-3-10(13(12)17)8-20-9-11(18-19-20)7-15(14(21)22)5-2-6-23-15/h1,3-4,9H,2,5-8H2,(H,21,22). The lowest BCUT2D eigenvalue weighted by Crippen LogP contribution is -2.40. The zero-order valence-electron chi connectivity index (χ0n) is 12.2. The normalized spacial score (nSPS) is 20.8. The summed E-state index contributed by atoms with van der Waals surface area (Å²) in [5.41, 5.74) is -0.349. The topological polar surface area (TPSA) is 77.2 Å². The van der Waals surface area contributed by atoms with Gasteiger partial charge in [0, 0.05) is 24.8 Å². The molecule has 0 amide bonds. The summed E-state index contributed by atoms with van der Waals surface area (Å²) in [6.07, 6.45) is 2.89. The maximum Gasteiger partial charge on any atom is 0.336 e. The van der Waals surface area contributed by atoms with E-state index in [1.165, 1.54) is 10.7 Å². The number of carbonyl (C=O) groups is 1. The van der Waals surface area contributed by atoms with Crippen LogP contribution in [0.25, 0.3) is 0 Å². The number of nitrogens with zero attached hydrogens (tertiary/aromatic N) is 3. The molecule has 1 fully saturated rings. The molecule has 6 nitrogen and oxygen atoms in total. The van der Waals surface area contributed by atoms with Gasteiger partial charge in [0.2, 0.25) is 0 Å². The van der Waals surface area contributed by atoms with Crippen LogP contribution in [0.1, 0.15) is 24.1 Å². The van der Waals surface area contributed by atoms with E-state index in [-0.39, 0.29) is 18.0 Å². The van der Waals surface area contributed by atoms with Crippen molar-refractivity contribution in [3.63, 3.8) is 0 Å². The van der Waals surface area contributed by atoms with E-state index < -0.39 is 17.4 Å². The highest BCUT2D eigenvalue weighted by molar-refractivity contribution is 6.30. The number of ether oxygens (including phenoxy) is 1. The summed E-state index contributed by atoms with van der Waals surface area (Å²) in [5, 5.41) is 17.3. The summed E-state index contributed by atoms with van der Waals surface area (Å²) in [4.78, 5) is 11.5. The molecule has 1 N–H and O–H groups in total. The van der Waals surface area contributed by atoms with Crippen LogP contribution in [0.15, 0.2) is 24.4 Å². The van der Waals surface area contributed by atoms with Gasteiger partial charge in [-0.15, -0.1) is 5.10 Å². The summed E-state index contributed by atoms with van der Waals surface area (Å²) in [6.45, 7) is 0.592. The van der Waals surface area contributed by atoms with Crippen LogP contribution < -0.4 is 0 Å². The van der Waals surface area contributed by atoms with Crippen molar-refractivity contribution in [2.24, 2.45) is 0 Å². The minimum absolute atomic E-state index is 0.0482. The predicted octanol–water partition coefficient (Wildman–Crippen LogP) is 2.30. The number of rotatable bonds is 5. The van der Waals surface area contributed by atoms with Gasteiger partial charge in [0.15, 0.2) is 5.60 Å². The molecule has 2 heterocycles. The molecule has 1 unspecified atom stereocenters. The Morgan fingerprint density at radius 3 is 3.04 bits per heavy atom. The molecule has 1 atom stereocenters. The van der Waals surface area contributed by atoms with E-state index in [0.717, 1.165) is 0 Å². The molecule has 0 radical (unpaired) electrons. The van der Waals surface area contributed by atoms with E-state index in [9.17, 15) is 14.3 Å². The molecule has 0 bridgehead atoms. The van der Waals surface area contributed by atoms with Crippen molar-refractivity contribution in [3.8, 4) is 0 Å². The second-order valence-electron chi connectivity index (χ2n) is 5.55. The Morgan fingerprint density at radius 2 is 2.35 bits per heavy atom. The summed E-state index contributed by atoms with van der Waals surface area (Å²) in [5.74, 6) is -1.49. The van der Waals surface area contributed by atoms with E-state index in [1.807, 2.05) is 0 Å². The molecule has 1 saturated heterocycles. The third kappa shape index (κ3) is 3.20. The number of halogens is 2. The Bertz CT molecular complexity index is 729. The van der Waals surface area contributed by atoms with Gasteiger partial charge in [-0.25, -0.2) is 13.9 Å². The molecular formula is C15H15ClFN3O3. The fourth-order valence-electron chi connectivity index (χ4n) is 2.72. The molecule has 0 spiro atoms. The average molecular weight is 340 g/mol. The number of carboxylic acid groups (broad SMARTS) is 1. The van der Waals surface area contributed by atoms with Crippen LogP contribution in [0, 0.1) is 5.82 Å². The first kappa shape index (κ1) is 15.9. The van der Waals surface area contributed by atoms with Crippen LogP contribution in [-0.2, 0) is 22.5 Å². The van der Waals surface area contributed by atoms with Crippen LogP contribution in [0.4, 0.5) is 4.39 Å². The lowest BCUT2D eigenvalue weighted by atomic mass is 9.95. The van der Waals surface area contributed by atoms with Crippen LogP contribution >= 0.6 is 11.6 Å². The largest absolute Gasteiger partial charge is 0.479 e. The Morgan fingerprint density at radius 1 is 1.52 bits per heavy atom. The summed E-state index contributed by atoms with van der Waals surface area (Å²) >= 11 is 5.75. The molecule has 0 aliphatic carbocycles. The summed E-state index contributed by atoms with van der Waals surface area (Å²) in [7, 11) is 0. The number of benzene rings is 1. The monoisotopic (exact) mass is 339 g/mol. The second kappa shape index (κ2) is 6.25. The third-order valence-electron chi connectivity index (χ3n) is 3.91. The molecule has 23 heavy (non-hydrogen) atoms. The number of hydrogen-bond acceptors (Lipinski definition) is 4. The molecule has 1 aromatic heterocycles. The van der Waals surface area contributed by atoms with E-state index in [4.69, 9.17) is 16.3 Å². The first-order valence-corrected chi connectivity index (χ1v) is 7.57. The summed E-state index contributed by atoms with van der Waals surface area (Å²) in [6, 6.07) is 4.74. The first-order chi connectivity index (χ1) is 11.0. The molecule has 8 heteroatoms. The van der Waals surface area contributed by atoms with Crippen LogP contribution in [0.5, 0.6) is 0 Å². The van der Waals surface area contributed by atoms with Crippen LogP contribution in [0.2, 0.25) is 5.02 Å². The van der Waals surface area contributed by atoms with Gasteiger partial charge in [-0.1, -0.05) is 28.9 Å². The Kier molecular flexibility index (Phi) is 4.32. The molecule has 1 aliphatic rings. The second-order valence-corrected chi connectivity index (χ2v) is 5.96. The molecule has 122 valence electrons. The lowest BCUT2D eigenvalue weighted by Gasteiger charge is -2.21. The van der Waals surface area contributed by atoms with Crippen LogP contribution in [0.3, 0.4) is 0 Å². The lowest BCUT2D eigenvalue weighted by molar-refractivity contribution is -0.160. The minimum Gasteiger partial charge on any atom is -0.479 e. The highest BCUT2D eigenvalue weighted by Gasteiger charge is 2.43. The molecule has 3 rings (SSSR count). The summed E-state index contributed by atoms with van der Waals surface area (Å²) < 4.78 is 20.8. The third-order valence-corrected chi connectivity index (χ3v) is 4.20. The molecule has 1 aromatic carbocycles. The number of aliphatic carboxylic acids is 1. The predicted molar refractivity (Wildman–Crippen MR) is 79.8 cm³/mol. The van der Waals surface area contributed by atoms with Crippen molar-refractivity contribution < 1.29 is 19.0 Å². The highest BCUT2D eigenvalue weighted by Crippen LogP contribution is 2.29. The molecule has 1 aliphatic heterocycles. The van der Waals surface area contributed by atoms with Gasteiger partial charge in [-0.2, -0.15) is 0 Å². The maximum absolute atomic E-state index is 13.9. The Labute approximate surface area is 136 Å². The molecule has 2 aromatic rings. The van der Waals surface area contributed by atoms with Gasteiger partial charge in [0.05, 0.1) is 17.3 Å². The van der Waals surface area contributed by atoms with E-state index in [2.05, 4.69) is 10.3 Å². The average Bonchev–Trinajstić information content (AvgIpc) is 3.15. The van der Waals surface area contributed by atoms with Gasteiger partial charge >= 0.3 is 5.97 Å². The van der Waals surface area contributed by atoms with E-state index in [1.54, 1.807) is 18.3 Å². The Hall–Kier alpha value is -1.99. The van der Waals surface area contributed by atoms with Crippen molar-refractivity contribution in [3.05, 3.63) is 46.5 Å². The smallest absolute Gasteiger partial charge is 0.336 e. The van der Waals surface area contributed by atoms with Gasteiger partial charge in [-0.3, -0.25) is 0 Å². The quantitative estimate of drug-likeness (QED) is 0.904. The van der Waals surface area contributed by atoms with Crippen molar-refractivity contribution in [2.75, 3.05) is 6.61 Å². The minimum atomic E-state index is -1.23. The maximum atomic E-state index is 13.9. The van der Waals surface area contributed by atoms with Gasteiger partial charge in [0.25, 0.3) is 0 Å². The van der Waals surface area contributed by atoms with Crippen molar-refractivity contribution in [1.29, 1.82) is 0 Å². The number of carboxylic acids is 1. The molecule has 0 saturated carbocycles. The zero-order chi connectivity index (χ0) is 16.4. The SMILES string of the molecule is O=C(O)C1(Cc2cn(Cc3cccc(Cl)c3F)nn2)CCCO1. The highest BCUT2D eigenvalue weighted by atomic mass is 35.5. The van der Waals surface area contributed by atoms with Crippen molar-refractivity contribution >= 4 is 17.6 Å².